The lowest BCUT2D eigenvalue weighted by atomic mass is 10.0. The quantitative estimate of drug-likeness (QED) is 0.864. The minimum absolute atomic E-state index is 0.466. The largest absolute Gasteiger partial charge is 0.493 e. The third kappa shape index (κ3) is 2.59. The third-order valence-electron chi connectivity index (χ3n) is 3.19. The van der Waals surface area contributed by atoms with Crippen molar-refractivity contribution < 1.29 is 14.3 Å². The number of halogens is 2. The van der Waals surface area contributed by atoms with Gasteiger partial charge in [-0.25, -0.2) is 0 Å². The molecule has 0 saturated carbocycles. The van der Waals surface area contributed by atoms with E-state index in [0.717, 1.165) is 26.7 Å². The van der Waals surface area contributed by atoms with Crippen LogP contribution in [0.25, 0.3) is 0 Å². The molecular formula is C14H12Br2O3. The standard InChI is InChI=1S/C14H12Br2O3/c15-10-5-8-1-3-18-13(8)9(6-10)7-12(17)14-11(16)2-4-19-14/h2,4-6,12,17H,1,3,7H2. The van der Waals surface area contributed by atoms with E-state index in [-0.39, 0.29) is 0 Å². The molecule has 1 aromatic carbocycles. The van der Waals surface area contributed by atoms with Gasteiger partial charge in [0.1, 0.15) is 17.6 Å². The Morgan fingerprint density at radius 2 is 2.16 bits per heavy atom. The van der Waals surface area contributed by atoms with Crippen molar-refractivity contribution in [3.05, 3.63) is 50.3 Å². The summed E-state index contributed by atoms with van der Waals surface area (Å²) in [5, 5.41) is 10.3. The molecule has 0 bridgehead atoms. The number of benzene rings is 1. The summed E-state index contributed by atoms with van der Waals surface area (Å²) in [5.41, 5.74) is 2.19. The van der Waals surface area contributed by atoms with Gasteiger partial charge in [-0.3, -0.25) is 0 Å². The molecule has 3 nitrogen and oxygen atoms in total. The molecule has 3 rings (SSSR count). The first-order valence-electron chi connectivity index (χ1n) is 6.00. The summed E-state index contributed by atoms with van der Waals surface area (Å²) in [6.07, 6.45) is 2.26. The lowest BCUT2D eigenvalue weighted by molar-refractivity contribution is 0.148. The molecule has 100 valence electrons. The van der Waals surface area contributed by atoms with Gasteiger partial charge in [-0.15, -0.1) is 0 Å². The zero-order valence-corrected chi connectivity index (χ0v) is 13.2. The van der Waals surface area contributed by atoms with E-state index in [4.69, 9.17) is 9.15 Å². The van der Waals surface area contributed by atoms with Crippen molar-refractivity contribution in [2.24, 2.45) is 0 Å². The van der Waals surface area contributed by atoms with Crippen LogP contribution in [0.15, 0.2) is 37.8 Å². The number of aliphatic hydroxyl groups excluding tert-OH is 1. The summed E-state index contributed by atoms with van der Waals surface area (Å²) in [4.78, 5) is 0. The SMILES string of the molecule is OC(Cc1cc(Br)cc2c1OCC2)c1occc1Br. The molecule has 0 aliphatic carbocycles. The van der Waals surface area contributed by atoms with E-state index in [2.05, 4.69) is 37.9 Å². The number of aliphatic hydroxyl groups is 1. The zero-order chi connectivity index (χ0) is 13.4. The van der Waals surface area contributed by atoms with Crippen LogP contribution in [0.3, 0.4) is 0 Å². The number of ether oxygens (including phenoxy) is 1. The van der Waals surface area contributed by atoms with Gasteiger partial charge >= 0.3 is 0 Å². The van der Waals surface area contributed by atoms with Crippen molar-refractivity contribution in [3.63, 3.8) is 0 Å². The molecule has 2 heterocycles. The van der Waals surface area contributed by atoms with E-state index in [1.165, 1.54) is 5.56 Å². The summed E-state index contributed by atoms with van der Waals surface area (Å²) < 4.78 is 12.8. The molecule has 1 aliphatic heterocycles. The molecule has 2 aromatic rings. The second-order valence-electron chi connectivity index (χ2n) is 4.50. The van der Waals surface area contributed by atoms with Crippen molar-refractivity contribution in [2.75, 3.05) is 6.61 Å². The molecule has 0 radical (unpaired) electrons. The fourth-order valence-corrected chi connectivity index (χ4v) is 3.36. The monoisotopic (exact) mass is 386 g/mol. The van der Waals surface area contributed by atoms with E-state index in [1.807, 2.05) is 6.07 Å². The van der Waals surface area contributed by atoms with E-state index in [0.29, 0.717) is 18.8 Å². The van der Waals surface area contributed by atoms with Gasteiger partial charge < -0.3 is 14.3 Å². The van der Waals surface area contributed by atoms with Crippen molar-refractivity contribution in [1.29, 1.82) is 0 Å². The Morgan fingerprint density at radius 1 is 1.32 bits per heavy atom. The number of furan rings is 1. The first-order chi connectivity index (χ1) is 9.15. The van der Waals surface area contributed by atoms with Crippen LogP contribution in [0, 0.1) is 0 Å². The molecule has 0 saturated heterocycles. The maximum absolute atomic E-state index is 10.3. The Labute approximate surface area is 127 Å². The van der Waals surface area contributed by atoms with Gasteiger partial charge in [0.25, 0.3) is 0 Å². The lowest BCUT2D eigenvalue weighted by Gasteiger charge is -2.12. The highest BCUT2D eigenvalue weighted by Crippen LogP contribution is 2.36. The molecular weight excluding hydrogens is 376 g/mol. The number of rotatable bonds is 3. The fourth-order valence-electron chi connectivity index (χ4n) is 2.34. The van der Waals surface area contributed by atoms with E-state index in [9.17, 15) is 5.11 Å². The van der Waals surface area contributed by atoms with E-state index >= 15 is 0 Å². The Balaban J connectivity index is 1.90. The molecule has 1 atom stereocenters. The summed E-state index contributed by atoms with van der Waals surface area (Å²) in [6, 6.07) is 5.84. The van der Waals surface area contributed by atoms with Crippen LogP contribution in [-0.2, 0) is 12.8 Å². The number of hydrogen-bond donors (Lipinski definition) is 1. The molecule has 0 fully saturated rings. The predicted molar refractivity (Wildman–Crippen MR) is 78.4 cm³/mol. The van der Waals surface area contributed by atoms with Gasteiger partial charge in [0, 0.05) is 17.3 Å². The second-order valence-corrected chi connectivity index (χ2v) is 6.27. The van der Waals surface area contributed by atoms with Crippen LogP contribution in [0.4, 0.5) is 0 Å². The van der Waals surface area contributed by atoms with Crippen LogP contribution in [0.5, 0.6) is 5.75 Å². The van der Waals surface area contributed by atoms with Crippen molar-refractivity contribution in [3.8, 4) is 5.75 Å². The lowest BCUT2D eigenvalue weighted by Crippen LogP contribution is -2.03. The van der Waals surface area contributed by atoms with Gasteiger partial charge in [0.05, 0.1) is 17.3 Å². The van der Waals surface area contributed by atoms with Crippen molar-refractivity contribution in [2.45, 2.75) is 18.9 Å². The maximum atomic E-state index is 10.3. The average Bonchev–Trinajstić information content (AvgIpc) is 2.97. The average molecular weight is 388 g/mol. The molecule has 1 unspecified atom stereocenters. The molecule has 0 spiro atoms. The smallest absolute Gasteiger partial charge is 0.146 e. The molecule has 5 heteroatoms. The van der Waals surface area contributed by atoms with Gasteiger partial charge in [-0.05, 0) is 45.3 Å². The minimum atomic E-state index is -0.688. The highest BCUT2D eigenvalue weighted by molar-refractivity contribution is 9.10. The van der Waals surface area contributed by atoms with Crippen LogP contribution in [-0.4, -0.2) is 11.7 Å². The highest BCUT2D eigenvalue weighted by Gasteiger charge is 2.22. The van der Waals surface area contributed by atoms with Gasteiger partial charge in [-0.1, -0.05) is 15.9 Å². The predicted octanol–water partition coefficient (Wildman–Crippen LogP) is 4.02. The Morgan fingerprint density at radius 3 is 2.89 bits per heavy atom. The molecule has 19 heavy (non-hydrogen) atoms. The zero-order valence-electron chi connectivity index (χ0n) is 10.0. The van der Waals surface area contributed by atoms with Gasteiger partial charge in [-0.2, -0.15) is 0 Å². The minimum Gasteiger partial charge on any atom is -0.493 e. The van der Waals surface area contributed by atoms with E-state index < -0.39 is 6.10 Å². The Hall–Kier alpha value is -0.780. The normalized spacial score (nSPS) is 15.1. The maximum Gasteiger partial charge on any atom is 0.146 e. The molecule has 1 aromatic heterocycles. The number of fused-ring (bicyclic) bond motifs is 1. The fraction of sp³-hybridized carbons (Fsp3) is 0.286. The van der Waals surface area contributed by atoms with E-state index in [1.54, 1.807) is 12.3 Å². The first-order valence-corrected chi connectivity index (χ1v) is 7.59. The van der Waals surface area contributed by atoms with Crippen LogP contribution in [0.1, 0.15) is 23.0 Å². The summed E-state index contributed by atoms with van der Waals surface area (Å²) >= 11 is 6.86. The molecule has 1 N–H and O–H groups in total. The molecule has 0 amide bonds. The van der Waals surface area contributed by atoms with Crippen molar-refractivity contribution >= 4 is 31.9 Å². The first kappa shape index (κ1) is 13.2. The van der Waals surface area contributed by atoms with Gasteiger partial charge in [0.15, 0.2) is 0 Å². The third-order valence-corrected chi connectivity index (χ3v) is 4.30. The topological polar surface area (TPSA) is 42.6 Å². The van der Waals surface area contributed by atoms with Crippen molar-refractivity contribution in [1.82, 2.24) is 0 Å². The number of hydrogen-bond acceptors (Lipinski definition) is 3. The van der Waals surface area contributed by atoms with Crippen LogP contribution in [0.2, 0.25) is 0 Å². The van der Waals surface area contributed by atoms with Crippen LogP contribution < -0.4 is 4.74 Å². The Kier molecular flexibility index (Phi) is 3.69. The van der Waals surface area contributed by atoms with Crippen LogP contribution >= 0.6 is 31.9 Å². The van der Waals surface area contributed by atoms with Gasteiger partial charge in [0.2, 0.25) is 0 Å². The summed E-state index contributed by atoms with van der Waals surface area (Å²) in [6.45, 7) is 0.708. The molecule has 1 aliphatic rings. The summed E-state index contributed by atoms with van der Waals surface area (Å²) in [5.74, 6) is 1.46. The second kappa shape index (κ2) is 5.31. The highest BCUT2D eigenvalue weighted by atomic mass is 79.9. The Bertz CT molecular complexity index is 607. The summed E-state index contributed by atoms with van der Waals surface area (Å²) in [7, 11) is 0.